The molecule has 1 rings (SSSR count). The molecule has 64 valence electrons. The molecule has 0 saturated carbocycles. The molecule has 0 bridgehead atoms. The number of hydrogen-bond acceptors (Lipinski definition) is 3. The van der Waals surface area contributed by atoms with Gasteiger partial charge in [0.2, 0.25) is 0 Å². The molecule has 0 atom stereocenters. The molecule has 3 heteroatoms. The maximum Gasteiger partial charge on any atom is 0.157 e. The van der Waals surface area contributed by atoms with Crippen molar-refractivity contribution in [3.8, 4) is 5.75 Å². The van der Waals surface area contributed by atoms with Crippen molar-refractivity contribution in [3.63, 3.8) is 0 Å². The second-order valence-corrected chi connectivity index (χ2v) is 2.28. The predicted octanol–water partition coefficient (Wildman–Crippen LogP) is 0.757. The van der Waals surface area contributed by atoms with E-state index >= 15 is 0 Å². The Morgan fingerprint density at radius 1 is 1.33 bits per heavy atom. The number of hydrogen-bond donors (Lipinski definition) is 1. The third-order valence-electron chi connectivity index (χ3n) is 1.42. The van der Waals surface area contributed by atoms with E-state index in [0.29, 0.717) is 12.0 Å². The second-order valence-electron chi connectivity index (χ2n) is 2.28. The first-order valence-corrected chi connectivity index (χ1v) is 3.63. The van der Waals surface area contributed by atoms with Crippen LogP contribution in [0.3, 0.4) is 0 Å². The van der Waals surface area contributed by atoms with Crippen LogP contribution in [-0.2, 0) is 11.4 Å². The fourth-order valence-corrected chi connectivity index (χ4v) is 0.821. The van der Waals surface area contributed by atoms with E-state index in [0.717, 1.165) is 5.56 Å². The van der Waals surface area contributed by atoms with Gasteiger partial charge in [-0.15, -0.1) is 0 Å². The van der Waals surface area contributed by atoms with Crippen molar-refractivity contribution in [2.24, 2.45) is 0 Å². The smallest absolute Gasteiger partial charge is 0.157 e. The van der Waals surface area contributed by atoms with Crippen LogP contribution in [0.15, 0.2) is 24.3 Å². The Morgan fingerprint density at radius 3 is 2.50 bits per heavy atom. The summed E-state index contributed by atoms with van der Waals surface area (Å²) < 4.78 is 5.00. The zero-order chi connectivity index (χ0) is 8.81. The molecule has 0 aliphatic carbocycles. The number of aldehydes is 1. The van der Waals surface area contributed by atoms with Crippen molar-refractivity contribution in [3.05, 3.63) is 29.8 Å². The van der Waals surface area contributed by atoms with E-state index in [4.69, 9.17) is 9.84 Å². The van der Waals surface area contributed by atoms with Gasteiger partial charge in [0.05, 0.1) is 6.61 Å². The fourth-order valence-electron chi connectivity index (χ4n) is 0.821. The molecule has 12 heavy (non-hydrogen) atoms. The topological polar surface area (TPSA) is 46.5 Å². The summed E-state index contributed by atoms with van der Waals surface area (Å²) >= 11 is 0. The Balaban J connectivity index is 2.58. The molecule has 0 aromatic heterocycles. The molecule has 0 amide bonds. The first kappa shape index (κ1) is 8.74. The number of benzene rings is 1. The van der Waals surface area contributed by atoms with Gasteiger partial charge < -0.3 is 9.84 Å². The lowest BCUT2D eigenvalue weighted by molar-refractivity contribution is -0.109. The summed E-state index contributed by atoms with van der Waals surface area (Å²) in [6.07, 6.45) is 0.694. The highest BCUT2D eigenvalue weighted by molar-refractivity contribution is 5.51. The summed E-state index contributed by atoms with van der Waals surface area (Å²) in [6.45, 7) is 0.0897. The van der Waals surface area contributed by atoms with Gasteiger partial charge in [-0.05, 0) is 17.7 Å². The summed E-state index contributed by atoms with van der Waals surface area (Å²) in [5.41, 5.74) is 0.827. The SMILES string of the molecule is O=CCOc1ccc(CO)cc1. The lowest BCUT2D eigenvalue weighted by Crippen LogP contribution is -1.97. The number of aliphatic hydroxyl groups excluding tert-OH is 1. The van der Waals surface area contributed by atoms with E-state index in [1.807, 2.05) is 0 Å². The van der Waals surface area contributed by atoms with E-state index in [9.17, 15) is 4.79 Å². The summed E-state index contributed by atoms with van der Waals surface area (Å²) in [7, 11) is 0. The maximum absolute atomic E-state index is 9.94. The molecule has 0 aliphatic rings. The number of carbonyl (C=O) groups is 1. The normalized spacial score (nSPS) is 9.42. The van der Waals surface area contributed by atoms with E-state index in [1.54, 1.807) is 24.3 Å². The van der Waals surface area contributed by atoms with Crippen LogP contribution >= 0.6 is 0 Å². The van der Waals surface area contributed by atoms with Crippen LogP contribution in [0.5, 0.6) is 5.75 Å². The standard InChI is InChI=1S/C9H10O3/c10-5-6-12-9-3-1-8(7-11)2-4-9/h1-5,11H,6-7H2. The molecule has 0 radical (unpaired) electrons. The highest BCUT2D eigenvalue weighted by Gasteiger charge is 1.92. The van der Waals surface area contributed by atoms with Crippen LogP contribution in [0.2, 0.25) is 0 Å². The van der Waals surface area contributed by atoms with Gasteiger partial charge in [-0.1, -0.05) is 12.1 Å². The minimum atomic E-state index is 0.0218. The molecule has 0 heterocycles. The Kier molecular flexibility index (Phi) is 3.29. The average molecular weight is 166 g/mol. The summed E-state index contributed by atoms with van der Waals surface area (Å²) in [5.74, 6) is 0.638. The summed E-state index contributed by atoms with van der Waals surface area (Å²) in [5, 5.41) is 8.71. The van der Waals surface area contributed by atoms with E-state index in [-0.39, 0.29) is 13.2 Å². The second kappa shape index (κ2) is 4.51. The highest BCUT2D eigenvalue weighted by atomic mass is 16.5. The molecule has 1 aromatic rings. The average Bonchev–Trinajstić information content (AvgIpc) is 2.15. The van der Waals surface area contributed by atoms with E-state index in [2.05, 4.69) is 0 Å². The molecule has 0 unspecified atom stereocenters. The van der Waals surface area contributed by atoms with Crippen LogP contribution in [0, 0.1) is 0 Å². The zero-order valence-electron chi connectivity index (χ0n) is 6.56. The van der Waals surface area contributed by atoms with Gasteiger partial charge in [0.15, 0.2) is 6.29 Å². The lowest BCUT2D eigenvalue weighted by Gasteiger charge is -2.01. The van der Waals surface area contributed by atoms with Gasteiger partial charge in [0.25, 0.3) is 0 Å². The third-order valence-corrected chi connectivity index (χ3v) is 1.42. The lowest BCUT2D eigenvalue weighted by atomic mass is 10.2. The molecule has 3 nitrogen and oxygen atoms in total. The third kappa shape index (κ3) is 2.36. The first-order chi connectivity index (χ1) is 5.86. The Hall–Kier alpha value is -1.35. The van der Waals surface area contributed by atoms with E-state index < -0.39 is 0 Å². The molecule has 0 saturated heterocycles. The molecule has 0 aliphatic heterocycles. The van der Waals surface area contributed by atoms with Crippen molar-refractivity contribution in [1.29, 1.82) is 0 Å². The minimum absolute atomic E-state index is 0.0218. The van der Waals surface area contributed by atoms with Gasteiger partial charge in [-0.3, -0.25) is 4.79 Å². The Labute approximate surface area is 70.6 Å². The number of rotatable bonds is 4. The van der Waals surface area contributed by atoms with Gasteiger partial charge in [0, 0.05) is 0 Å². The summed E-state index contributed by atoms with van der Waals surface area (Å²) in [6, 6.07) is 6.93. The van der Waals surface area contributed by atoms with Crippen LogP contribution < -0.4 is 4.74 Å². The number of ether oxygens (including phenoxy) is 1. The van der Waals surface area contributed by atoms with Crippen LogP contribution in [0.25, 0.3) is 0 Å². The number of carbonyl (C=O) groups excluding carboxylic acids is 1. The van der Waals surface area contributed by atoms with Crippen molar-refractivity contribution >= 4 is 6.29 Å². The Morgan fingerprint density at radius 2 is 2.00 bits per heavy atom. The molecular formula is C9H10O3. The van der Waals surface area contributed by atoms with Crippen molar-refractivity contribution in [2.45, 2.75) is 6.61 Å². The van der Waals surface area contributed by atoms with Crippen LogP contribution in [-0.4, -0.2) is 18.0 Å². The van der Waals surface area contributed by atoms with Gasteiger partial charge in [0.1, 0.15) is 12.4 Å². The molecule has 1 aromatic carbocycles. The van der Waals surface area contributed by atoms with Crippen molar-refractivity contribution < 1.29 is 14.6 Å². The first-order valence-electron chi connectivity index (χ1n) is 3.63. The molecule has 1 N–H and O–H groups in total. The molecule has 0 spiro atoms. The molecular weight excluding hydrogens is 156 g/mol. The fraction of sp³-hybridized carbons (Fsp3) is 0.222. The van der Waals surface area contributed by atoms with E-state index in [1.165, 1.54) is 0 Å². The largest absolute Gasteiger partial charge is 0.486 e. The number of aliphatic hydroxyl groups is 1. The van der Waals surface area contributed by atoms with Crippen molar-refractivity contribution in [1.82, 2.24) is 0 Å². The van der Waals surface area contributed by atoms with Crippen LogP contribution in [0.4, 0.5) is 0 Å². The quantitative estimate of drug-likeness (QED) is 0.671. The van der Waals surface area contributed by atoms with Gasteiger partial charge >= 0.3 is 0 Å². The predicted molar refractivity (Wildman–Crippen MR) is 43.9 cm³/mol. The summed E-state index contributed by atoms with van der Waals surface area (Å²) in [4.78, 5) is 9.94. The monoisotopic (exact) mass is 166 g/mol. The molecule has 0 fully saturated rings. The Bertz CT molecular complexity index is 240. The maximum atomic E-state index is 9.94. The highest BCUT2D eigenvalue weighted by Crippen LogP contribution is 2.11. The van der Waals surface area contributed by atoms with Crippen molar-refractivity contribution in [2.75, 3.05) is 6.61 Å². The van der Waals surface area contributed by atoms with Gasteiger partial charge in [-0.2, -0.15) is 0 Å². The van der Waals surface area contributed by atoms with Gasteiger partial charge in [-0.25, -0.2) is 0 Å². The zero-order valence-corrected chi connectivity index (χ0v) is 6.56. The van der Waals surface area contributed by atoms with Crippen LogP contribution in [0.1, 0.15) is 5.56 Å². The minimum Gasteiger partial charge on any atom is -0.486 e.